The van der Waals surface area contributed by atoms with Crippen LogP contribution in [0.5, 0.6) is 0 Å². The number of nitrogens with two attached hydrogens (primary N) is 2. The first-order chi connectivity index (χ1) is 7.59. The van der Waals surface area contributed by atoms with Crippen molar-refractivity contribution in [2.24, 2.45) is 0 Å². The molecule has 0 bridgehead atoms. The normalized spacial score (nSPS) is 9.76. The van der Waals surface area contributed by atoms with Crippen molar-refractivity contribution >= 4 is 35.0 Å². The van der Waals surface area contributed by atoms with Gasteiger partial charge in [-0.15, -0.1) is 10.2 Å². The minimum atomic E-state index is 0. The SMILES string of the molecule is Nc1nnc(-c2cccc(Cl)c2Cl)c(N)n1.[H-].[Na+]. The number of halogens is 2. The Hall–Kier alpha value is -0.590. The number of anilines is 2. The first-order valence-electron chi connectivity index (χ1n) is 4.29. The molecule has 0 atom stereocenters. The monoisotopic (exact) mass is 279 g/mol. The number of nitrogen functional groups attached to an aromatic ring is 2. The number of hydrogen-bond donors (Lipinski definition) is 2. The fourth-order valence-corrected chi connectivity index (χ4v) is 1.62. The molecule has 0 saturated carbocycles. The van der Waals surface area contributed by atoms with Gasteiger partial charge in [-0.25, -0.2) is 0 Å². The van der Waals surface area contributed by atoms with Gasteiger partial charge < -0.3 is 12.9 Å². The van der Waals surface area contributed by atoms with Gasteiger partial charge in [0.1, 0.15) is 5.69 Å². The zero-order chi connectivity index (χ0) is 11.7. The summed E-state index contributed by atoms with van der Waals surface area (Å²) in [7, 11) is 0. The second-order valence-electron chi connectivity index (χ2n) is 3.01. The van der Waals surface area contributed by atoms with Crippen LogP contribution in [0.15, 0.2) is 18.2 Å². The van der Waals surface area contributed by atoms with Crippen LogP contribution >= 0.6 is 23.2 Å². The zero-order valence-corrected chi connectivity index (χ0v) is 12.5. The van der Waals surface area contributed by atoms with E-state index < -0.39 is 0 Å². The molecule has 8 heteroatoms. The molecule has 2 aromatic rings. The van der Waals surface area contributed by atoms with Crippen LogP contribution in [0.2, 0.25) is 10.0 Å². The molecule has 2 rings (SSSR count). The molecule has 0 aliphatic carbocycles. The van der Waals surface area contributed by atoms with Gasteiger partial charge in [0.15, 0.2) is 5.82 Å². The molecule has 0 amide bonds. The molecule has 17 heavy (non-hydrogen) atoms. The second-order valence-corrected chi connectivity index (χ2v) is 3.79. The van der Waals surface area contributed by atoms with Crippen molar-refractivity contribution in [3.8, 4) is 11.3 Å². The molecule has 0 aliphatic rings. The minimum absolute atomic E-state index is 0. The third-order valence-corrected chi connectivity index (χ3v) is 2.76. The van der Waals surface area contributed by atoms with Crippen LogP contribution in [0.25, 0.3) is 11.3 Å². The predicted octanol–water partition coefficient (Wildman–Crippen LogP) is -0.874. The largest absolute Gasteiger partial charge is 1.00 e. The van der Waals surface area contributed by atoms with E-state index in [-0.39, 0.29) is 42.8 Å². The van der Waals surface area contributed by atoms with Gasteiger partial charge >= 0.3 is 29.6 Å². The molecule has 84 valence electrons. The maximum atomic E-state index is 6.03. The van der Waals surface area contributed by atoms with Crippen LogP contribution in [0, 0.1) is 0 Å². The topological polar surface area (TPSA) is 90.7 Å². The Morgan fingerprint density at radius 1 is 1.12 bits per heavy atom. The van der Waals surface area contributed by atoms with Gasteiger partial charge in [0.05, 0.1) is 10.0 Å². The van der Waals surface area contributed by atoms with Crippen molar-refractivity contribution in [3.63, 3.8) is 0 Å². The number of benzene rings is 1. The third-order valence-electron chi connectivity index (χ3n) is 1.94. The third kappa shape index (κ3) is 3.00. The van der Waals surface area contributed by atoms with Gasteiger partial charge in [-0.1, -0.05) is 35.3 Å². The Kier molecular flexibility index (Phi) is 4.97. The Balaban J connectivity index is 0.00000144. The molecule has 5 nitrogen and oxygen atoms in total. The van der Waals surface area contributed by atoms with Gasteiger partial charge in [0.25, 0.3) is 0 Å². The summed E-state index contributed by atoms with van der Waals surface area (Å²) in [5, 5.41) is 8.24. The molecule has 0 aliphatic heterocycles. The Morgan fingerprint density at radius 3 is 2.47 bits per heavy atom. The van der Waals surface area contributed by atoms with Crippen LogP contribution in [0.4, 0.5) is 11.8 Å². The molecule has 0 fully saturated rings. The van der Waals surface area contributed by atoms with Crippen molar-refractivity contribution in [1.82, 2.24) is 15.2 Å². The molecule has 0 spiro atoms. The summed E-state index contributed by atoms with van der Waals surface area (Å²) in [6, 6.07) is 5.13. The number of hydrogen-bond acceptors (Lipinski definition) is 5. The summed E-state index contributed by atoms with van der Waals surface area (Å²) >= 11 is 11.9. The average molecular weight is 280 g/mol. The van der Waals surface area contributed by atoms with Gasteiger partial charge in [0.2, 0.25) is 5.95 Å². The van der Waals surface area contributed by atoms with Crippen molar-refractivity contribution in [3.05, 3.63) is 28.2 Å². The van der Waals surface area contributed by atoms with Crippen LogP contribution in [-0.2, 0) is 0 Å². The van der Waals surface area contributed by atoms with E-state index in [2.05, 4.69) is 15.2 Å². The van der Waals surface area contributed by atoms with E-state index in [9.17, 15) is 0 Å². The number of nitrogens with zero attached hydrogens (tertiary/aromatic N) is 3. The van der Waals surface area contributed by atoms with Crippen LogP contribution in [-0.4, -0.2) is 15.2 Å². The summed E-state index contributed by atoms with van der Waals surface area (Å²) in [5.41, 5.74) is 12.0. The maximum Gasteiger partial charge on any atom is 1.00 e. The fourth-order valence-electron chi connectivity index (χ4n) is 1.23. The van der Waals surface area contributed by atoms with E-state index in [0.29, 0.717) is 21.3 Å². The van der Waals surface area contributed by atoms with Crippen molar-refractivity contribution in [2.45, 2.75) is 0 Å². The molecule has 0 radical (unpaired) electrons. The van der Waals surface area contributed by atoms with E-state index in [1.54, 1.807) is 18.2 Å². The molecule has 1 aromatic heterocycles. The van der Waals surface area contributed by atoms with Gasteiger partial charge in [-0.05, 0) is 6.07 Å². The number of aromatic nitrogens is 3. The van der Waals surface area contributed by atoms with E-state index in [1.807, 2.05) is 0 Å². The van der Waals surface area contributed by atoms with Crippen LogP contribution < -0.4 is 41.0 Å². The Bertz CT molecular complexity index is 554. The van der Waals surface area contributed by atoms with E-state index in [0.717, 1.165) is 0 Å². The van der Waals surface area contributed by atoms with Crippen LogP contribution in [0.1, 0.15) is 1.43 Å². The standard InChI is InChI=1S/C9H7Cl2N5.Na.H/c10-5-3-1-2-4(6(5)11)7-8(12)14-9(13)16-15-7;;/h1-3H,(H4,12,13,14,16);;/q;+1;-1. The Labute approximate surface area is 131 Å². The van der Waals surface area contributed by atoms with Crippen molar-refractivity contribution in [1.29, 1.82) is 0 Å². The van der Waals surface area contributed by atoms with Gasteiger partial charge in [-0.2, -0.15) is 4.98 Å². The molecule has 1 heterocycles. The molecular weight excluding hydrogens is 272 g/mol. The van der Waals surface area contributed by atoms with Crippen LogP contribution in [0.3, 0.4) is 0 Å². The maximum absolute atomic E-state index is 6.03. The Morgan fingerprint density at radius 2 is 1.82 bits per heavy atom. The summed E-state index contributed by atoms with van der Waals surface area (Å²) in [4.78, 5) is 3.80. The van der Waals surface area contributed by atoms with Crippen molar-refractivity contribution < 1.29 is 31.0 Å². The van der Waals surface area contributed by atoms with Gasteiger partial charge in [-0.3, -0.25) is 0 Å². The smallest absolute Gasteiger partial charge is 1.00 e. The molecule has 4 N–H and O–H groups in total. The summed E-state index contributed by atoms with van der Waals surface area (Å²) in [5.74, 6) is 0.177. The molecule has 1 aromatic carbocycles. The molecule has 0 unspecified atom stereocenters. The predicted molar refractivity (Wildman–Crippen MR) is 65.2 cm³/mol. The minimum Gasteiger partial charge on any atom is -1.00 e. The first-order valence-corrected chi connectivity index (χ1v) is 5.05. The molecular formula is C9H8Cl2N5Na. The second kappa shape index (κ2) is 5.84. The quantitative estimate of drug-likeness (QED) is 0.662. The van der Waals surface area contributed by atoms with E-state index in [1.165, 1.54) is 0 Å². The number of rotatable bonds is 1. The fraction of sp³-hybridized carbons (Fsp3) is 0. The van der Waals surface area contributed by atoms with E-state index in [4.69, 9.17) is 34.7 Å². The summed E-state index contributed by atoms with van der Waals surface area (Å²) in [6.45, 7) is 0. The average Bonchev–Trinajstić information content (AvgIpc) is 2.23. The zero-order valence-electron chi connectivity index (χ0n) is 9.98. The summed E-state index contributed by atoms with van der Waals surface area (Å²) in [6.07, 6.45) is 0. The van der Waals surface area contributed by atoms with Gasteiger partial charge in [0, 0.05) is 5.56 Å². The first kappa shape index (κ1) is 14.5. The summed E-state index contributed by atoms with van der Waals surface area (Å²) < 4.78 is 0. The molecule has 0 saturated heterocycles. The van der Waals surface area contributed by atoms with E-state index >= 15 is 0 Å². The van der Waals surface area contributed by atoms with Crippen molar-refractivity contribution in [2.75, 3.05) is 11.5 Å².